The molecule has 2 heterocycles. The zero-order valence-electron chi connectivity index (χ0n) is 33.2. The van der Waals surface area contributed by atoms with E-state index in [2.05, 4.69) is 240 Å². The fourth-order valence-corrected chi connectivity index (χ4v) is 10.4. The lowest BCUT2D eigenvalue weighted by Gasteiger charge is -2.28. The first kappa shape index (κ1) is 35.2. The molecule has 0 saturated carbocycles. The number of hydrogen-bond donors (Lipinski definition) is 0. The summed E-state index contributed by atoms with van der Waals surface area (Å²) in [5.41, 5.74) is 14.1. The molecule has 0 spiro atoms. The summed E-state index contributed by atoms with van der Waals surface area (Å²) in [6.45, 7) is 0. The lowest BCUT2D eigenvalue weighted by molar-refractivity contribution is 1.20. The van der Waals surface area contributed by atoms with E-state index in [0.29, 0.717) is 0 Å². The second kappa shape index (κ2) is 14.5. The van der Waals surface area contributed by atoms with Crippen LogP contribution in [0.3, 0.4) is 0 Å². The Hall–Kier alpha value is -7.72. The van der Waals surface area contributed by atoms with Crippen LogP contribution in [0.1, 0.15) is 0 Å². The van der Waals surface area contributed by atoms with Crippen LogP contribution in [-0.2, 0) is 0 Å². The molecule has 2 aromatic heterocycles. The Morgan fingerprint density at radius 3 is 1.77 bits per heavy atom. The molecule has 0 aliphatic carbocycles. The van der Waals surface area contributed by atoms with Crippen LogP contribution in [0.15, 0.2) is 231 Å². The Bertz CT molecular complexity index is 3570. The molecule has 0 radical (unpaired) electrons. The monoisotopic (exact) mass is 794 g/mol. The van der Waals surface area contributed by atoms with Crippen molar-refractivity contribution in [1.82, 2.24) is 4.57 Å². The average Bonchev–Trinajstić information content (AvgIpc) is 3.87. The minimum atomic E-state index is 1.11. The van der Waals surface area contributed by atoms with Crippen molar-refractivity contribution in [2.24, 2.45) is 0 Å². The molecule has 0 unspecified atom stereocenters. The molecule has 0 fully saturated rings. The maximum atomic E-state index is 2.44. The predicted molar refractivity (Wildman–Crippen MR) is 262 cm³/mol. The van der Waals surface area contributed by atoms with Gasteiger partial charge in [0.15, 0.2) is 0 Å². The molecule has 12 rings (SSSR count). The fourth-order valence-electron chi connectivity index (χ4n) is 9.28. The van der Waals surface area contributed by atoms with Crippen molar-refractivity contribution < 1.29 is 0 Å². The summed E-state index contributed by atoms with van der Waals surface area (Å²) in [7, 11) is 0. The van der Waals surface area contributed by atoms with Crippen molar-refractivity contribution in [1.29, 1.82) is 0 Å². The second-order valence-corrected chi connectivity index (χ2v) is 16.8. The highest BCUT2D eigenvalue weighted by Crippen LogP contribution is 2.45. The van der Waals surface area contributed by atoms with E-state index in [0.717, 1.165) is 17.1 Å². The summed E-state index contributed by atoms with van der Waals surface area (Å²) in [4.78, 5) is 2.42. The molecule has 3 heteroatoms. The predicted octanol–water partition coefficient (Wildman–Crippen LogP) is 16.8. The van der Waals surface area contributed by atoms with Gasteiger partial charge < -0.3 is 9.47 Å². The second-order valence-electron chi connectivity index (χ2n) is 15.7. The summed E-state index contributed by atoms with van der Waals surface area (Å²) < 4.78 is 5.03. The van der Waals surface area contributed by atoms with E-state index in [1.165, 1.54) is 91.8 Å². The van der Waals surface area contributed by atoms with E-state index >= 15 is 0 Å². The van der Waals surface area contributed by atoms with Gasteiger partial charge in [0.25, 0.3) is 0 Å². The molecule has 0 aliphatic heterocycles. The number of rotatable bonds is 7. The summed E-state index contributed by atoms with van der Waals surface area (Å²) in [5, 5.41) is 7.59. The molecule has 0 atom stereocenters. The molecule has 286 valence electrons. The molecular weight excluding hydrogens is 757 g/mol. The quantitative estimate of drug-likeness (QED) is 0.156. The van der Waals surface area contributed by atoms with Crippen molar-refractivity contribution in [2.75, 3.05) is 4.90 Å². The summed E-state index contributed by atoms with van der Waals surface area (Å²) in [5.74, 6) is 0. The fraction of sp³-hybridized carbons (Fsp3) is 0. The van der Waals surface area contributed by atoms with Crippen molar-refractivity contribution in [3.05, 3.63) is 231 Å². The third-order valence-corrected chi connectivity index (χ3v) is 13.3. The van der Waals surface area contributed by atoms with E-state index in [-0.39, 0.29) is 0 Å². The number of thiophene rings is 1. The standard InChI is InChI=1S/C58H38N2S/c1-2-13-39(14-3-1)40-29-32-45(33-30-40)59(46-34-36-52-51-20-8-11-24-57(51)61-58(52)38-46)53-21-9-6-18-48(53)43-27-25-41(26-28-43)44-31-35-50-49-19-7-10-22-55(49)60(56(50)37-44)54-23-12-16-42-15-4-5-17-47(42)54/h1-38H. The number of aromatic nitrogens is 1. The third-order valence-electron chi connectivity index (χ3n) is 12.2. The largest absolute Gasteiger partial charge is 0.310 e. The van der Waals surface area contributed by atoms with Gasteiger partial charge in [-0.15, -0.1) is 11.3 Å². The third kappa shape index (κ3) is 6.01. The summed E-state index contributed by atoms with van der Waals surface area (Å²) in [6, 6.07) is 84.2. The number of benzene rings is 10. The highest BCUT2D eigenvalue weighted by Gasteiger charge is 2.20. The van der Waals surface area contributed by atoms with Crippen LogP contribution in [-0.4, -0.2) is 4.57 Å². The molecule has 0 N–H and O–H groups in total. The van der Waals surface area contributed by atoms with Gasteiger partial charge >= 0.3 is 0 Å². The van der Waals surface area contributed by atoms with Crippen molar-refractivity contribution in [2.45, 2.75) is 0 Å². The van der Waals surface area contributed by atoms with Crippen LogP contribution in [0.4, 0.5) is 17.1 Å². The molecule has 0 saturated heterocycles. The molecular formula is C58H38N2S. The lowest BCUT2D eigenvalue weighted by Crippen LogP contribution is -2.11. The molecule has 0 bridgehead atoms. The van der Waals surface area contributed by atoms with E-state index in [4.69, 9.17) is 0 Å². The number of hydrogen-bond acceptors (Lipinski definition) is 2. The van der Waals surface area contributed by atoms with Gasteiger partial charge in [0, 0.05) is 53.3 Å². The first-order chi connectivity index (χ1) is 30.2. The maximum absolute atomic E-state index is 2.44. The van der Waals surface area contributed by atoms with Crippen molar-refractivity contribution in [3.8, 4) is 39.1 Å². The van der Waals surface area contributed by atoms with Gasteiger partial charge in [-0.1, -0.05) is 176 Å². The van der Waals surface area contributed by atoms with E-state index in [9.17, 15) is 0 Å². The maximum Gasteiger partial charge on any atom is 0.0547 e. The number of fused-ring (bicyclic) bond motifs is 7. The SMILES string of the molecule is c1ccc(-c2ccc(N(c3ccc4c(c3)sc3ccccc34)c3ccccc3-c3ccc(-c4ccc5c6ccccc6n(-c6cccc7ccccc67)c5c4)cc3)cc2)cc1. The minimum absolute atomic E-state index is 1.11. The van der Waals surface area contributed by atoms with Crippen LogP contribution in [0, 0.1) is 0 Å². The Balaban J connectivity index is 0.966. The lowest BCUT2D eigenvalue weighted by atomic mass is 9.97. The highest BCUT2D eigenvalue weighted by molar-refractivity contribution is 7.25. The number of anilines is 3. The zero-order chi connectivity index (χ0) is 40.3. The van der Waals surface area contributed by atoms with Crippen LogP contribution in [0.25, 0.3) is 91.8 Å². The van der Waals surface area contributed by atoms with Crippen molar-refractivity contribution in [3.63, 3.8) is 0 Å². The Morgan fingerprint density at radius 2 is 0.902 bits per heavy atom. The van der Waals surface area contributed by atoms with Gasteiger partial charge in [-0.3, -0.25) is 0 Å². The Morgan fingerprint density at radius 1 is 0.328 bits per heavy atom. The van der Waals surface area contributed by atoms with Crippen molar-refractivity contribution >= 4 is 81.1 Å². The molecule has 0 amide bonds. The highest BCUT2D eigenvalue weighted by atomic mass is 32.1. The van der Waals surface area contributed by atoms with Gasteiger partial charge in [0.1, 0.15) is 0 Å². The van der Waals surface area contributed by atoms with E-state index in [1.807, 2.05) is 11.3 Å². The molecule has 2 nitrogen and oxygen atoms in total. The normalized spacial score (nSPS) is 11.6. The first-order valence-electron chi connectivity index (χ1n) is 20.8. The molecule has 10 aromatic carbocycles. The van der Waals surface area contributed by atoms with Crippen LogP contribution >= 0.6 is 11.3 Å². The first-order valence-corrected chi connectivity index (χ1v) is 21.6. The zero-order valence-corrected chi connectivity index (χ0v) is 34.1. The topological polar surface area (TPSA) is 8.17 Å². The summed E-state index contributed by atoms with van der Waals surface area (Å²) in [6.07, 6.45) is 0. The van der Waals surface area contributed by atoms with Crippen LogP contribution in [0.5, 0.6) is 0 Å². The molecule has 61 heavy (non-hydrogen) atoms. The summed E-state index contributed by atoms with van der Waals surface area (Å²) >= 11 is 1.86. The smallest absolute Gasteiger partial charge is 0.0547 e. The average molecular weight is 795 g/mol. The Kier molecular flexibility index (Phi) is 8.39. The van der Waals surface area contributed by atoms with Gasteiger partial charge in [-0.05, 0) is 87.8 Å². The van der Waals surface area contributed by atoms with Crippen LogP contribution < -0.4 is 4.90 Å². The molecule has 0 aliphatic rings. The van der Waals surface area contributed by atoms with Gasteiger partial charge in [-0.2, -0.15) is 0 Å². The molecule has 12 aromatic rings. The van der Waals surface area contributed by atoms with Gasteiger partial charge in [-0.25, -0.2) is 0 Å². The van der Waals surface area contributed by atoms with Gasteiger partial charge in [0.2, 0.25) is 0 Å². The number of para-hydroxylation sites is 2. The van der Waals surface area contributed by atoms with Gasteiger partial charge in [0.05, 0.1) is 22.4 Å². The van der Waals surface area contributed by atoms with E-state index in [1.54, 1.807) is 0 Å². The Labute approximate surface area is 358 Å². The number of nitrogens with zero attached hydrogens (tertiary/aromatic N) is 2. The van der Waals surface area contributed by atoms with Crippen LogP contribution in [0.2, 0.25) is 0 Å². The minimum Gasteiger partial charge on any atom is -0.310 e. The van der Waals surface area contributed by atoms with E-state index < -0.39 is 0 Å².